The molecule has 1 aliphatic rings. The van der Waals surface area contributed by atoms with Gasteiger partial charge in [-0.2, -0.15) is 0 Å². The first-order valence-corrected chi connectivity index (χ1v) is 5.63. The highest BCUT2D eigenvalue weighted by Crippen LogP contribution is 2.35. The van der Waals surface area contributed by atoms with Gasteiger partial charge in [0, 0.05) is 18.1 Å². The summed E-state index contributed by atoms with van der Waals surface area (Å²) in [4.78, 5) is 2.58. The van der Waals surface area contributed by atoms with E-state index in [1.807, 2.05) is 0 Å². The molecule has 0 unspecified atom stereocenters. The number of hydrogen-bond acceptors (Lipinski definition) is 2. The lowest BCUT2D eigenvalue weighted by Gasteiger charge is -2.43. The van der Waals surface area contributed by atoms with Crippen LogP contribution >= 0.6 is 0 Å². The van der Waals surface area contributed by atoms with E-state index in [1.165, 1.54) is 25.7 Å². The van der Waals surface area contributed by atoms with E-state index in [-0.39, 0.29) is 0 Å². The van der Waals surface area contributed by atoms with Gasteiger partial charge in [0.25, 0.3) is 0 Å². The second-order valence-corrected chi connectivity index (χ2v) is 4.52. The third-order valence-corrected chi connectivity index (χ3v) is 3.49. The lowest BCUT2D eigenvalue weighted by atomic mass is 9.93. The second kappa shape index (κ2) is 4.43. The molecule has 2 heteroatoms. The van der Waals surface area contributed by atoms with Crippen molar-refractivity contribution in [2.75, 3.05) is 13.1 Å². The predicted molar refractivity (Wildman–Crippen MR) is 57.8 cm³/mol. The average Bonchev–Trinajstić information content (AvgIpc) is 2.55. The fourth-order valence-corrected chi connectivity index (χ4v) is 2.89. The van der Waals surface area contributed by atoms with Crippen molar-refractivity contribution in [1.82, 2.24) is 4.90 Å². The summed E-state index contributed by atoms with van der Waals surface area (Å²) in [5, 5.41) is 0. The molecule has 0 amide bonds. The van der Waals surface area contributed by atoms with Crippen molar-refractivity contribution in [3.8, 4) is 0 Å². The molecule has 2 N–H and O–H groups in total. The van der Waals surface area contributed by atoms with Crippen LogP contribution in [0.4, 0.5) is 0 Å². The zero-order valence-electron chi connectivity index (χ0n) is 9.34. The van der Waals surface area contributed by atoms with Crippen LogP contribution in [0.15, 0.2) is 0 Å². The third kappa shape index (κ3) is 2.05. The van der Waals surface area contributed by atoms with Gasteiger partial charge in [0.1, 0.15) is 0 Å². The molecule has 0 aromatic carbocycles. The molecule has 0 bridgehead atoms. The molecule has 1 rings (SSSR count). The Bertz CT molecular complexity index is 148. The third-order valence-electron chi connectivity index (χ3n) is 3.49. The maximum absolute atomic E-state index is 5.94. The van der Waals surface area contributed by atoms with Crippen molar-refractivity contribution in [3.05, 3.63) is 0 Å². The predicted octanol–water partition coefficient (Wildman–Crippen LogP) is 1.99. The first-order chi connectivity index (χ1) is 6.16. The Labute approximate surface area is 82.5 Å². The van der Waals surface area contributed by atoms with Crippen LogP contribution in [0.1, 0.15) is 46.5 Å². The van der Waals surface area contributed by atoms with E-state index >= 15 is 0 Å². The number of nitrogens with two attached hydrogens (primary N) is 1. The first kappa shape index (κ1) is 11.0. The molecule has 0 spiro atoms. The van der Waals surface area contributed by atoms with E-state index in [9.17, 15) is 0 Å². The minimum absolute atomic E-state index is 0.336. The van der Waals surface area contributed by atoms with Crippen molar-refractivity contribution in [2.45, 2.75) is 58.0 Å². The zero-order valence-corrected chi connectivity index (χ0v) is 9.34. The summed E-state index contributed by atoms with van der Waals surface area (Å²) in [6, 6.07) is 0.631. The van der Waals surface area contributed by atoms with E-state index < -0.39 is 0 Å². The van der Waals surface area contributed by atoms with Crippen LogP contribution in [-0.4, -0.2) is 29.6 Å². The van der Waals surface area contributed by atoms with Gasteiger partial charge < -0.3 is 5.73 Å². The molecule has 0 aromatic heterocycles. The monoisotopic (exact) mass is 184 g/mol. The quantitative estimate of drug-likeness (QED) is 0.724. The van der Waals surface area contributed by atoms with Gasteiger partial charge in [0.05, 0.1) is 0 Å². The van der Waals surface area contributed by atoms with Crippen molar-refractivity contribution in [1.29, 1.82) is 0 Å². The van der Waals surface area contributed by atoms with E-state index in [0.717, 1.165) is 13.1 Å². The first-order valence-electron chi connectivity index (χ1n) is 5.63. The maximum atomic E-state index is 5.94. The summed E-state index contributed by atoms with van der Waals surface area (Å²) in [5.41, 5.74) is 6.28. The van der Waals surface area contributed by atoms with Gasteiger partial charge in [-0.3, -0.25) is 4.90 Å². The van der Waals surface area contributed by atoms with Crippen LogP contribution in [0.5, 0.6) is 0 Å². The number of rotatable bonds is 4. The van der Waals surface area contributed by atoms with E-state index in [2.05, 4.69) is 25.7 Å². The molecule has 0 aromatic rings. The largest absolute Gasteiger partial charge is 0.329 e. The molecule has 0 atom stereocenters. The van der Waals surface area contributed by atoms with Crippen LogP contribution < -0.4 is 5.73 Å². The normalized spacial score (nSPS) is 21.7. The fourth-order valence-electron chi connectivity index (χ4n) is 2.89. The number of nitrogens with zero attached hydrogens (tertiary/aromatic N) is 1. The molecule has 0 aliphatic heterocycles. The van der Waals surface area contributed by atoms with Crippen molar-refractivity contribution in [3.63, 3.8) is 0 Å². The van der Waals surface area contributed by atoms with Crippen molar-refractivity contribution < 1.29 is 0 Å². The molecular weight excluding hydrogens is 160 g/mol. The SMILES string of the molecule is CCN(C(C)C)C1(CN)CCCC1. The summed E-state index contributed by atoms with van der Waals surface area (Å²) < 4.78 is 0. The van der Waals surface area contributed by atoms with Gasteiger partial charge in [-0.25, -0.2) is 0 Å². The molecule has 0 radical (unpaired) electrons. The Morgan fingerprint density at radius 3 is 2.15 bits per heavy atom. The second-order valence-electron chi connectivity index (χ2n) is 4.52. The maximum Gasteiger partial charge on any atom is 0.0334 e. The Morgan fingerprint density at radius 1 is 1.31 bits per heavy atom. The van der Waals surface area contributed by atoms with Crippen LogP contribution in [0, 0.1) is 0 Å². The summed E-state index contributed by atoms with van der Waals surface area (Å²) in [6.07, 6.45) is 5.33. The van der Waals surface area contributed by atoms with E-state index in [4.69, 9.17) is 5.73 Å². The Hall–Kier alpha value is -0.0800. The summed E-state index contributed by atoms with van der Waals surface area (Å²) in [7, 11) is 0. The lowest BCUT2D eigenvalue weighted by molar-refractivity contribution is 0.0724. The van der Waals surface area contributed by atoms with Crippen LogP contribution in [0.3, 0.4) is 0 Å². The van der Waals surface area contributed by atoms with Gasteiger partial charge >= 0.3 is 0 Å². The Morgan fingerprint density at radius 2 is 1.85 bits per heavy atom. The van der Waals surface area contributed by atoms with Crippen LogP contribution in [0.25, 0.3) is 0 Å². The smallest absolute Gasteiger partial charge is 0.0334 e. The zero-order chi connectivity index (χ0) is 9.90. The minimum Gasteiger partial charge on any atom is -0.329 e. The molecule has 1 saturated carbocycles. The van der Waals surface area contributed by atoms with Gasteiger partial charge in [0.15, 0.2) is 0 Å². The molecule has 1 aliphatic carbocycles. The Balaban J connectivity index is 2.72. The fraction of sp³-hybridized carbons (Fsp3) is 1.00. The molecule has 78 valence electrons. The molecule has 2 nitrogen and oxygen atoms in total. The van der Waals surface area contributed by atoms with Gasteiger partial charge in [-0.05, 0) is 33.2 Å². The minimum atomic E-state index is 0.336. The average molecular weight is 184 g/mol. The highest BCUT2D eigenvalue weighted by molar-refractivity contribution is 4.96. The molecule has 0 heterocycles. The van der Waals surface area contributed by atoms with Crippen LogP contribution in [-0.2, 0) is 0 Å². The molecular formula is C11H24N2. The van der Waals surface area contributed by atoms with Crippen LogP contribution in [0.2, 0.25) is 0 Å². The Kier molecular flexibility index (Phi) is 3.74. The van der Waals surface area contributed by atoms with Crippen molar-refractivity contribution in [2.24, 2.45) is 5.73 Å². The van der Waals surface area contributed by atoms with E-state index in [1.54, 1.807) is 0 Å². The van der Waals surface area contributed by atoms with Gasteiger partial charge in [-0.15, -0.1) is 0 Å². The summed E-state index contributed by atoms with van der Waals surface area (Å²) in [6.45, 7) is 8.77. The lowest BCUT2D eigenvalue weighted by Crippen LogP contribution is -2.54. The van der Waals surface area contributed by atoms with Crippen molar-refractivity contribution >= 4 is 0 Å². The summed E-state index contributed by atoms with van der Waals surface area (Å²) >= 11 is 0. The highest BCUT2D eigenvalue weighted by Gasteiger charge is 2.38. The topological polar surface area (TPSA) is 29.3 Å². The number of likely N-dealkylation sites (N-methyl/N-ethyl adjacent to an activating group) is 1. The molecule has 13 heavy (non-hydrogen) atoms. The van der Waals surface area contributed by atoms with Gasteiger partial charge in [-0.1, -0.05) is 19.8 Å². The molecule has 1 fully saturated rings. The molecule has 0 saturated heterocycles. The standard InChI is InChI=1S/C11H24N2/c1-4-13(10(2)3)11(9-12)7-5-6-8-11/h10H,4-9,12H2,1-3H3. The summed E-state index contributed by atoms with van der Waals surface area (Å²) in [5.74, 6) is 0. The van der Waals surface area contributed by atoms with E-state index in [0.29, 0.717) is 11.6 Å². The van der Waals surface area contributed by atoms with Gasteiger partial charge in [0.2, 0.25) is 0 Å². The number of hydrogen-bond donors (Lipinski definition) is 1. The highest BCUT2D eigenvalue weighted by atomic mass is 15.2.